The van der Waals surface area contributed by atoms with Gasteiger partial charge in [-0.05, 0) is 18.4 Å². The van der Waals surface area contributed by atoms with Crippen molar-refractivity contribution < 1.29 is 23.1 Å². The first-order chi connectivity index (χ1) is 11.3. The minimum Gasteiger partial charge on any atom is -0.481 e. The number of hydrogen-bond acceptors (Lipinski definition) is 4. The summed E-state index contributed by atoms with van der Waals surface area (Å²) in [6.07, 6.45) is 2.11. The number of hydrogen-bond donors (Lipinski definition) is 2. The Balaban J connectivity index is 2.08. The van der Waals surface area contributed by atoms with Gasteiger partial charge in [-0.3, -0.25) is 9.59 Å². The van der Waals surface area contributed by atoms with Crippen molar-refractivity contribution in [2.75, 3.05) is 19.3 Å². The van der Waals surface area contributed by atoms with E-state index < -0.39 is 28.0 Å². The lowest BCUT2D eigenvalue weighted by molar-refractivity contribution is -0.138. The molecule has 2 N–H and O–H groups in total. The molecular weight excluding hydrogens is 332 g/mol. The van der Waals surface area contributed by atoms with Crippen LogP contribution in [0.25, 0.3) is 0 Å². The molecule has 1 saturated heterocycles. The molecule has 1 aromatic rings. The van der Waals surface area contributed by atoms with Crippen LogP contribution in [0.5, 0.6) is 0 Å². The van der Waals surface area contributed by atoms with E-state index >= 15 is 0 Å². The number of piperidine rings is 1. The highest BCUT2D eigenvalue weighted by atomic mass is 32.2. The van der Waals surface area contributed by atoms with E-state index in [0.717, 1.165) is 6.26 Å². The van der Waals surface area contributed by atoms with Crippen LogP contribution in [0, 0.1) is 5.92 Å². The van der Waals surface area contributed by atoms with Crippen LogP contribution in [0.2, 0.25) is 0 Å². The van der Waals surface area contributed by atoms with Gasteiger partial charge in [0.15, 0.2) is 0 Å². The molecule has 0 bridgehead atoms. The normalized spacial score (nSPS) is 20.3. The minimum absolute atomic E-state index is 0.138. The van der Waals surface area contributed by atoms with Crippen LogP contribution in [-0.4, -0.2) is 49.1 Å². The van der Waals surface area contributed by atoms with Crippen molar-refractivity contribution >= 4 is 21.9 Å². The fourth-order valence-corrected chi connectivity index (χ4v) is 3.77. The molecule has 2 unspecified atom stereocenters. The summed E-state index contributed by atoms with van der Waals surface area (Å²) >= 11 is 0. The third-order valence-corrected chi connectivity index (χ3v) is 5.39. The van der Waals surface area contributed by atoms with E-state index in [1.54, 1.807) is 24.3 Å². The van der Waals surface area contributed by atoms with Gasteiger partial charge in [0.1, 0.15) is 0 Å². The molecule has 24 heavy (non-hydrogen) atoms. The lowest BCUT2D eigenvalue weighted by atomic mass is 9.97. The molecule has 1 aliphatic rings. The second-order valence-corrected chi connectivity index (χ2v) is 8.01. The van der Waals surface area contributed by atoms with Gasteiger partial charge in [0.2, 0.25) is 15.9 Å². The maximum absolute atomic E-state index is 12.5. The Morgan fingerprint density at radius 1 is 1.33 bits per heavy atom. The summed E-state index contributed by atoms with van der Waals surface area (Å²) in [7, 11) is -3.33. The zero-order chi connectivity index (χ0) is 17.7. The molecule has 0 aliphatic carbocycles. The number of nitrogens with one attached hydrogen (secondary N) is 1. The molecular formula is C16H22N2O5S. The van der Waals surface area contributed by atoms with Crippen LogP contribution in [0.15, 0.2) is 30.3 Å². The Hall–Kier alpha value is -1.93. The molecule has 0 aromatic heterocycles. The molecule has 8 heteroatoms. The number of aliphatic carboxylic acids is 1. The summed E-state index contributed by atoms with van der Waals surface area (Å²) in [4.78, 5) is 23.6. The number of carboxylic acid groups (broad SMARTS) is 1. The zero-order valence-corrected chi connectivity index (χ0v) is 14.3. The smallest absolute Gasteiger partial charge is 0.305 e. The Labute approximate surface area is 141 Å². The van der Waals surface area contributed by atoms with E-state index in [0.29, 0.717) is 24.9 Å². The number of carbonyl (C=O) groups excluding carboxylic acids is 1. The Morgan fingerprint density at radius 3 is 2.58 bits per heavy atom. The molecule has 2 rings (SSSR count). The fourth-order valence-electron chi connectivity index (χ4n) is 2.86. The molecule has 1 aromatic carbocycles. The lowest BCUT2D eigenvalue weighted by Crippen LogP contribution is -2.45. The SMILES string of the molecule is CS(=O)(=O)N1CCCC(C(=O)NC(CC(=O)O)c2ccccc2)C1. The van der Waals surface area contributed by atoms with E-state index in [1.165, 1.54) is 4.31 Å². The quantitative estimate of drug-likeness (QED) is 0.793. The molecule has 2 atom stereocenters. The monoisotopic (exact) mass is 354 g/mol. The van der Waals surface area contributed by atoms with Crippen molar-refractivity contribution in [3.8, 4) is 0 Å². The average Bonchev–Trinajstić information content (AvgIpc) is 2.54. The third-order valence-electron chi connectivity index (χ3n) is 4.12. The second-order valence-electron chi connectivity index (χ2n) is 6.03. The van der Waals surface area contributed by atoms with Gasteiger partial charge < -0.3 is 10.4 Å². The highest BCUT2D eigenvalue weighted by Crippen LogP contribution is 2.22. The van der Waals surface area contributed by atoms with Gasteiger partial charge in [0.05, 0.1) is 24.6 Å². The minimum atomic E-state index is -3.33. The third kappa shape index (κ3) is 5.04. The first-order valence-corrected chi connectivity index (χ1v) is 9.64. The highest BCUT2D eigenvalue weighted by Gasteiger charge is 2.31. The van der Waals surface area contributed by atoms with Crippen LogP contribution in [0.1, 0.15) is 30.9 Å². The number of nitrogens with zero attached hydrogens (tertiary/aromatic N) is 1. The van der Waals surface area contributed by atoms with Crippen LogP contribution in [-0.2, 0) is 19.6 Å². The van der Waals surface area contributed by atoms with Crippen molar-refractivity contribution in [3.63, 3.8) is 0 Å². The molecule has 1 aliphatic heterocycles. The van der Waals surface area contributed by atoms with Crippen LogP contribution < -0.4 is 5.32 Å². The predicted molar refractivity (Wildman–Crippen MR) is 88.7 cm³/mol. The van der Waals surface area contributed by atoms with Gasteiger partial charge in [0, 0.05) is 13.1 Å². The van der Waals surface area contributed by atoms with Gasteiger partial charge in [-0.15, -0.1) is 0 Å². The maximum Gasteiger partial charge on any atom is 0.305 e. The zero-order valence-electron chi connectivity index (χ0n) is 13.5. The number of carboxylic acids is 1. The topological polar surface area (TPSA) is 104 Å². The number of benzene rings is 1. The number of rotatable bonds is 6. The molecule has 0 saturated carbocycles. The van der Waals surface area contributed by atoms with Crippen LogP contribution in [0.3, 0.4) is 0 Å². The maximum atomic E-state index is 12.5. The fraction of sp³-hybridized carbons (Fsp3) is 0.500. The van der Waals surface area contributed by atoms with Crippen LogP contribution >= 0.6 is 0 Å². The van der Waals surface area contributed by atoms with Crippen molar-refractivity contribution in [2.45, 2.75) is 25.3 Å². The Kier molecular flexibility index (Phi) is 5.95. The Bertz CT molecular complexity index is 690. The number of carbonyl (C=O) groups is 2. The standard InChI is InChI=1S/C16H22N2O5S/c1-24(22,23)18-9-5-8-13(11-18)16(21)17-14(10-15(19)20)12-6-3-2-4-7-12/h2-4,6-7,13-14H,5,8-11H2,1H3,(H,17,21)(H,19,20). The van der Waals surface area contributed by atoms with Crippen molar-refractivity contribution in [1.82, 2.24) is 9.62 Å². The first-order valence-electron chi connectivity index (χ1n) is 7.79. The van der Waals surface area contributed by atoms with E-state index in [9.17, 15) is 18.0 Å². The van der Waals surface area contributed by atoms with Crippen LogP contribution in [0.4, 0.5) is 0 Å². The van der Waals surface area contributed by atoms with Crippen molar-refractivity contribution in [1.29, 1.82) is 0 Å². The van der Waals surface area contributed by atoms with E-state index in [-0.39, 0.29) is 18.9 Å². The van der Waals surface area contributed by atoms with Gasteiger partial charge >= 0.3 is 5.97 Å². The summed E-state index contributed by atoms with van der Waals surface area (Å²) in [5, 5.41) is 11.8. The number of sulfonamides is 1. The molecule has 1 heterocycles. The summed E-state index contributed by atoms with van der Waals surface area (Å²) < 4.78 is 24.6. The van der Waals surface area contributed by atoms with Crippen molar-refractivity contribution in [3.05, 3.63) is 35.9 Å². The van der Waals surface area contributed by atoms with E-state index in [2.05, 4.69) is 5.32 Å². The average molecular weight is 354 g/mol. The molecule has 1 fully saturated rings. The molecule has 0 spiro atoms. The van der Waals surface area contributed by atoms with Gasteiger partial charge in [-0.1, -0.05) is 30.3 Å². The number of amides is 1. The summed E-state index contributed by atoms with van der Waals surface area (Å²) in [5.41, 5.74) is 0.712. The Morgan fingerprint density at radius 2 is 2.00 bits per heavy atom. The van der Waals surface area contributed by atoms with E-state index in [4.69, 9.17) is 5.11 Å². The van der Waals surface area contributed by atoms with E-state index in [1.807, 2.05) is 6.07 Å². The largest absolute Gasteiger partial charge is 0.481 e. The summed E-state index contributed by atoms with van der Waals surface area (Å²) in [5.74, 6) is -1.78. The predicted octanol–water partition coefficient (Wildman–Crippen LogP) is 0.990. The lowest BCUT2D eigenvalue weighted by Gasteiger charge is -2.31. The molecule has 7 nitrogen and oxygen atoms in total. The van der Waals surface area contributed by atoms with Gasteiger partial charge in [0.25, 0.3) is 0 Å². The first kappa shape index (κ1) is 18.4. The second kappa shape index (κ2) is 7.76. The van der Waals surface area contributed by atoms with Gasteiger partial charge in [-0.2, -0.15) is 0 Å². The van der Waals surface area contributed by atoms with Crippen molar-refractivity contribution in [2.24, 2.45) is 5.92 Å². The molecule has 132 valence electrons. The molecule has 0 radical (unpaired) electrons. The van der Waals surface area contributed by atoms with Gasteiger partial charge in [-0.25, -0.2) is 12.7 Å². The summed E-state index contributed by atoms with van der Waals surface area (Å²) in [6.45, 7) is 0.555. The summed E-state index contributed by atoms with van der Waals surface area (Å²) in [6, 6.07) is 8.26. The molecule has 1 amide bonds. The highest BCUT2D eigenvalue weighted by molar-refractivity contribution is 7.88.